The molecule has 0 fully saturated rings. The van der Waals surface area contributed by atoms with Crippen LogP contribution in [0.3, 0.4) is 0 Å². The van der Waals surface area contributed by atoms with Crippen LogP contribution in [-0.2, 0) is 0 Å². The zero-order chi connectivity index (χ0) is 14.4. The van der Waals surface area contributed by atoms with Crippen LogP contribution in [0.25, 0.3) is 22.1 Å². The largest absolute Gasteiger partial charge is 0.617 e. The molecule has 1 N–H and O–H groups in total. The molecule has 1 aromatic heterocycles. The molecule has 0 saturated carbocycles. The van der Waals surface area contributed by atoms with Gasteiger partial charge in [-0.3, -0.25) is 4.79 Å². The zero-order valence-electron chi connectivity index (χ0n) is 10.5. The molecule has 2 aromatic carbocycles. The van der Waals surface area contributed by atoms with Gasteiger partial charge in [0.05, 0.1) is 0 Å². The maximum Gasteiger partial charge on any atom is 0.305 e. The highest BCUT2D eigenvalue weighted by atomic mass is 16.5. The first-order valence-corrected chi connectivity index (χ1v) is 5.93. The van der Waals surface area contributed by atoms with Crippen LogP contribution >= 0.6 is 0 Å². The molecule has 6 nitrogen and oxygen atoms in total. The number of hydrogen-bond acceptors (Lipinski definition) is 4. The number of carbonyl (C=O) groups excluding carboxylic acids is 1. The fourth-order valence-corrected chi connectivity index (χ4v) is 2.34. The molecule has 6 heteroatoms. The molecular formula is C14H10N2O4. The molecule has 0 radical (unpaired) electrons. The highest BCUT2D eigenvalue weighted by Gasteiger charge is 2.27. The normalized spacial score (nSPS) is 11.1. The quantitative estimate of drug-likeness (QED) is 0.311. The lowest BCUT2D eigenvalue weighted by atomic mass is 10.1. The molecule has 0 atom stereocenters. The molecule has 0 aliphatic carbocycles. The Bertz CT molecular complexity index is 874. The predicted molar refractivity (Wildman–Crippen MR) is 71.0 cm³/mol. The van der Waals surface area contributed by atoms with Gasteiger partial charge in [0.2, 0.25) is 0 Å². The van der Waals surface area contributed by atoms with Crippen LogP contribution in [0.1, 0.15) is 17.3 Å². The Morgan fingerprint density at radius 2 is 1.60 bits per heavy atom. The Kier molecular flexibility index (Phi) is 2.47. The number of phenols is 1. The molecule has 0 amide bonds. The van der Waals surface area contributed by atoms with Crippen LogP contribution in [-0.4, -0.2) is 10.9 Å². The number of aromatic hydroxyl groups is 1. The predicted octanol–water partition coefficient (Wildman–Crippen LogP) is 1.17. The van der Waals surface area contributed by atoms with E-state index in [1.54, 1.807) is 12.1 Å². The van der Waals surface area contributed by atoms with E-state index in [-0.39, 0.29) is 33.4 Å². The topological polar surface area (TPSA) is 91.2 Å². The lowest BCUT2D eigenvalue weighted by molar-refractivity contribution is -0.591. The summed E-state index contributed by atoms with van der Waals surface area (Å²) in [6, 6.07) is 8.85. The van der Waals surface area contributed by atoms with Crippen molar-refractivity contribution in [3.05, 3.63) is 52.4 Å². The van der Waals surface area contributed by atoms with E-state index in [9.17, 15) is 20.3 Å². The minimum absolute atomic E-state index is 0.0432. The molecule has 100 valence electrons. The Hall–Kier alpha value is -2.89. The van der Waals surface area contributed by atoms with Crippen molar-refractivity contribution >= 4 is 27.9 Å². The Morgan fingerprint density at radius 1 is 1.00 bits per heavy atom. The summed E-state index contributed by atoms with van der Waals surface area (Å²) < 4.78 is 1.10. The number of fused-ring (bicyclic) bond motifs is 2. The molecule has 0 unspecified atom stereocenters. The Balaban J connectivity index is 2.67. The molecule has 0 saturated heterocycles. The van der Waals surface area contributed by atoms with E-state index in [0.29, 0.717) is 9.46 Å². The van der Waals surface area contributed by atoms with Gasteiger partial charge in [0.25, 0.3) is 16.6 Å². The first-order valence-electron chi connectivity index (χ1n) is 5.93. The van der Waals surface area contributed by atoms with Crippen molar-refractivity contribution in [2.75, 3.05) is 0 Å². The third-order valence-corrected chi connectivity index (χ3v) is 3.23. The van der Waals surface area contributed by atoms with Crippen LogP contribution in [0.4, 0.5) is 0 Å². The summed E-state index contributed by atoms with van der Waals surface area (Å²) in [5, 5.41) is 34.5. The third-order valence-electron chi connectivity index (χ3n) is 3.23. The van der Waals surface area contributed by atoms with Crippen LogP contribution < -0.4 is 9.46 Å². The maximum absolute atomic E-state index is 12.4. The van der Waals surface area contributed by atoms with Gasteiger partial charge in [0, 0.05) is 18.2 Å². The fraction of sp³-hybridized carbons (Fsp3) is 0.0714. The number of para-hydroxylation sites is 2. The summed E-state index contributed by atoms with van der Waals surface area (Å²) in [4.78, 5) is 11.7. The zero-order valence-corrected chi connectivity index (χ0v) is 10.5. The van der Waals surface area contributed by atoms with E-state index in [1.807, 2.05) is 0 Å². The number of aromatic nitrogens is 2. The van der Waals surface area contributed by atoms with Gasteiger partial charge in [-0.15, -0.1) is 0 Å². The van der Waals surface area contributed by atoms with Crippen molar-refractivity contribution in [1.82, 2.24) is 0 Å². The van der Waals surface area contributed by atoms with Crippen LogP contribution in [0.15, 0.2) is 36.4 Å². The monoisotopic (exact) mass is 270 g/mol. The van der Waals surface area contributed by atoms with Crippen molar-refractivity contribution in [2.45, 2.75) is 6.92 Å². The average molecular weight is 270 g/mol. The van der Waals surface area contributed by atoms with Crippen LogP contribution in [0.2, 0.25) is 0 Å². The van der Waals surface area contributed by atoms with Gasteiger partial charge in [-0.2, -0.15) is 9.46 Å². The van der Waals surface area contributed by atoms with Crippen LogP contribution in [0.5, 0.6) is 5.75 Å². The molecule has 0 aliphatic heterocycles. The third kappa shape index (κ3) is 1.48. The second-order valence-electron chi connectivity index (χ2n) is 4.46. The SMILES string of the molecule is CC(=O)c1c(O)ccc2c1[n+]([O-])c1ccccc1[n+]2[O-]. The highest BCUT2D eigenvalue weighted by Crippen LogP contribution is 2.24. The van der Waals surface area contributed by atoms with Gasteiger partial charge >= 0.3 is 5.52 Å². The van der Waals surface area contributed by atoms with Gasteiger partial charge in [-0.05, 0) is 13.0 Å². The van der Waals surface area contributed by atoms with Crippen molar-refractivity contribution < 1.29 is 19.4 Å². The number of nitrogens with zero attached hydrogens (tertiary/aromatic N) is 2. The second kappa shape index (κ2) is 4.06. The summed E-state index contributed by atoms with van der Waals surface area (Å²) >= 11 is 0. The van der Waals surface area contributed by atoms with Crippen molar-refractivity contribution in [3.8, 4) is 5.75 Å². The number of ketones is 1. The number of phenolic OH excluding ortho intramolecular Hbond substituents is 1. The molecule has 1 heterocycles. The second-order valence-corrected chi connectivity index (χ2v) is 4.46. The molecule has 0 aliphatic rings. The summed E-state index contributed by atoms with van der Waals surface area (Å²) in [5.41, 5.74) is 0.124. The summed E-state index contributed by atoms with van der Waals surface area (Å²) in [5.74, 6) is -0.794. The first-order chi connectivity index (χ1) is 9.52. The molecule has 20 heavy (non-hydrogen) atoms. The van der Waals surface area contributed by atoms with Gasteiger partial charge in [0.1, 0.15) is 11.3 Å². The van der Waals surface area contributed by atoms with Crippen molar-refractivity contribution in [2.24, 2.45) is 0 Å². The number of Topliss-reactive ketones (excluding diaryl/α,β-unsaturated/α-hetero) is 1. The molecular weight excluding hydrogens is 260 g/mol. The van der Waals surface area contributed by atoms with Gasteiger partial charge < -0.3 is 15.5 Å². The highest BCUT2D eigenvalue weighted by molar-refractivity contribution is 6.06. The number of carbonyl (C=O) groups is 1. The minimum atomic E-state index is -0.479. The number of benzene rings is 2. The summed E-state index contributed by atoms with van der Waals surface area (Å²) in [6.45, 7) is 1.23. The van der Waals surface area contributed by atoms with E-state index >= 15 is 0 Å². The Morgan fingerprint density at radius 3 is 2.20 bits per heavy atom. The molecule has 3 rings (SSSR count). The molecule has 3 aromatic rings. The number of rotatable bonds is 1. The number of hydrogen-bond donors (Lipinski definition) is 1. The van der Waals surface area contributed by atoms with Gasteiger partial charge in [-0.1, -0.05) is 12.1 Å². The fourth-order valence-electron chi connectivity index (χ4n) is 2.34. The first kappa shape index (κ1) is 12.2. The molecule has 0 bridgehead atoms. The average Bonchev–Trinajstić information content (AvgIpc) is 2.44. The summed E-state index contributed by atoms with van der Waals surface area (Å²) in [7, 11) is 0. The van der Waals surface area contributed by atoms with Gasteiger partial charge in [0.15, 0.2) is 5.78 Å². The van der Waals surface area contributed by atoms with E-state index in [1.165, 1.54) is 31.2 Å². The summed E-state index contributed by atoms with van der Waals surface area (Å²) in [6.07, 6.45) is 0. The van der Waals surface area contributed by atoms with E-state index in [4.69, 9.17) is 0 Å². The van der Waals surface area contributed by atoms with Gasteiger partial charge in [-0.25, -0.2) is 0 Å². The van der Waals surface area contributed by atoms with E-state index in [0.717, 1.165) is 0 Å². The Labute approximate surface area is 113 Å². The minimum Gasteiger partial charge on any atom is -0.617 e. The lowest BCUT2D eigenvalue weighted by Gasteiger charge is -2.10. The standard InChI is InChI=1S/C14H10N2O4/c1-8(17)13-12(18)7-6-11-14(13)16(20)10-5-3-2-4-9(10)15(11)19/h2-7,18H,1H3. The van der Waals surface area contributed by atoms with E-state index in [2.05, 4.69) is 0 Å². The van der Waals surface area contributed by atoms with Crippen molar-refractivity contribution in [3.63, 3.8) is 0 Å². The lowest BCUT2D eigenvalue weighted by Crippen LogP contribution is -2.40. The maximum atomic E-state index is 12.4. The van der Waals surface area contributed by atoms with Crippen LogP contribution in [0, 0.1) is 10.4 Å². The van der Waals surface area contributed by atoms with Crippen molar-refractivity contribution in [1.29, 1.82) is 0 Å². The smallest absolute Gasteiger partial charge is 0.305 e. The molecule has 0 spiro atoms. The van der Waals surface area contributed by atoms with E-state index < -0.39 is 5.78 Å².